The number of hydrogen-bond acceptors (Lipinski definition) is 6. The van der Waals surface area contributed by atoms with Gasteiger partial charge >= 0.3 is 0 Å². The van der Waals surface area contributed by atoms with Crippen LogP contribution in [0.2, 0.25) is 0 Å². The molecule has 1 unspecified atom stereocenters. The molecule has 0 amide bonds. The molecular formula is C18H21BrN6O. The topological polar surface area (TPSA) is 87.4 Å². The molecule has 0 saturated heterocycles. The Morgan fingerprint density at radius 3 is 2.96 bits per heavy atom. The van der Waals surface area contributed by atoms with Crippen LogP contribution < -0.4 is 10.6 Å². The SMILES string of the molecule is OC1CCCC[C@H]1Nc1cc(NCc2cccnc2)n2ncc(Br)c2n1. The molecule has 7 nitrogen and oxygen atoms in total. The van der Waals surface area contributed by atoms with Crippen LogP contribution in [-0.2, 0) is 6.54 Å². The molecule has 0 aliphatic heterocycles. The molecule has 1 aliphatic rings. The van der Waals surface area contributed by atoms with Gasteiger partial charge in [-0.15, -0.1) is 0 Å². The third-order valence-electron chi connectivity index (χ3n) is 4.69. The van der Waals surface area contributed by atoms with E-state index in [1.54, 1.807) is 16.9 Å². The van der Waals surface area contributed by atoms with E-state index in [-0.39, 0.29) is 12.1 Å². The van der Waals surface area contributed by atoms with Crippen LogP contribution in [-0.4, -0.2) is 36.8 Å². The number of nitrogens with one attached hydrogen (secondary N) is 2. The van der Waals surface area contributed by atoms with Gasteiger partial charge in [0.2, 0.25) is 0 Å². The summed E-state index contributed by atoms with van der Waals surface area (Å²) in [6.07, 6.45) is 8.99. The minimum absolute atomic E-state index is 0.0339. The first-order chi connectivity index (χ1) is 12.7. The van der Waals surface area contributed by atoms with E-state index >= 15 is 0 Å². The van der Waals surface area contributed by atoms with Gasteiger partial charge in [-0.3, -0.25) is 4.98 Å². The molecule has 8 heteroatoms. The van der Waals surface area contributed by atoms with Crippen LogP contribution in [0.5, 0.6) is 0 Å². The number of anilines is 2. The number of aromatic nitrogens is 4. The summed E-state index contributed by atoms with van der Waals surface area (Å²) >= 11 is 3.51. The number of nitrogens with zero attached hydrogens (tertiary/aromatic N) is 4. The zero-order valence-corrected chi connectivity index (χ0v) is 15.9. The van der Waals surface area contributed by atoms with Gasteiger partial charge in [0.25, 0.3) is 0 Å². The summed E-state index contributed by atoms with van der Waals surface area (Å²) < 4.78 is 2.60. The molecule has 3 aromatic heterocycles. The lowest BCUT2D eigenvalue weighted by Crippen LogP contribution is -2.36. The average Bonchev–Trinajstić information content (AvgIpc) is 3.04. The Morgan fingerprint density at radius 1 is 1.27 bits per heavy atom. The van der Waals surface area contributed by atoms with Crippen molar-refractivity contribution in [3.8, 4) is 0 Å². The van der Waals surface area contributed by atoms with Gasteiger partial charge in [0.05, 0.1) is 22.8 Å². The van der Waals surface area contributed by atoms with Crippen LogP contribution in [0.4, 0.5) is 11.6 Å². The van der Waals surface area contributed by atoms with Crippen LogP contribution in [0, 0.1) is 0 Å². The van der Waals surface area contributed by atoms with Crippen molar-refractivity contribution in [2.24, 2.45) is 0 Å². The van der Waals surface area contributed by atoms with Gasteiger partial charge < -0.3 is 15.7 Å². The summed E-state index contributed by atoms with van der Waals surface area (Å²) in [4.78, 5) is 8.80. The second-order valence-corrected chi connectivity index (χ2v) is 7.43. The summed E-state index contributed by atoms with van der Waals surface area (Å²) in [7, 11) is 0. The lowest BCUT2D eigenvalue weighted by Gasteiger charge is -2.29. The van der Waals surface area contributed by atoms with E-state index in [0.29, 0.717) is 6.54 Å². The zero-order valence-electron chi connectivity index (χ0n) is 14.3. The van der Waals surface area contributed by atoms with Crippen LogP contribution in [0.3, 0.4) is 0 Å². The molecule has 3 N–H and O–H groups in total. The summed E-state index contributed by atoms with van der Waals surface area (Å²) in [6, 6.07) is 5.91. The van der Waals surface area contributed by atoms with Gasteiger partial charge in [0.15, 0.2) is 5.65 Å². The molecule has 136 valence electrons. The molecule has 1 aliphatic carbocycles. The Balaban J connectivity index is 1.60. The monoisotopic (exact) mass is 416 g/mol. The predicted octanol–water partition coefficient (Wildman–Crippen LogP) is 3.21. The summed E-state index contributed by atoms with van der Waals surface area (Å²) in [5.74, 6) is 1.57. The van der Waals surface area contributed by atoms with Crippen LogP contribution in [0.15, 0.2) is 41.3 Å². The van der Waals surface area contributed by atoms with Crippen molar-refractivity contribution in [2.45, 2.75) is 44.4 Å². The molecule has 26 heavy (non-hydrogen) atoms. The van der Waals surface area contributed by atoms with E-state index < -0.39 is 0 Å². The number of pyridine rings is 1. The second-order valence-electron chi connectivity index (χ2n) is 6.57. The molecule has 1 saturated carbocycles. The minimum atomic E-state index is -0.332. The van der Waals surface area contributed by atoms with Gasteiger partial charge in [0, 0.05) is 25.0 Å². The first-order valence-corrected chi connectivity index (χ1v) is 9.61. The Hall–Kier alpha value is -2.19. The second kappa shape index (κ2) is 7.59. The fourth-order valence-electron chi connectivity index (χ4n) is 3.30. The van der Waals surface area contributed by atoms with Gasteiger partial charge in [0.1, 0.15) is 11.6 Å². The maximum absolute atomic E-state index is 10.2. The van der Waals surface area contributed by atoms with Crippen molar-refractivity contribution in [1.82, 2.24) is 19.6 Å². The Labute approximate surface area is 160 Å². The van der Waals surface area contributed by atoms with Crippen molar-refractivity contribution < 1.29 is 5.11 Å². The molecule has 4 rings (SSSR count). The molecular weight excluding hydrogens is 396 g/mol. The Morgan fingerprint density at radius 2 is 2.15 bits per heavy atom. The molecule has 0 aromatic carbocycles. The molecule has 0 radical (unpaired) electrons. The number of aliphatic hydroxyl groups is 1. The van der Waals surface area contributed by atoms with Crippen molar-refractivity contribution >= 4 is 33.2 Å². The normalized spacial score (nSPS) is 20.2. The van der Waals surface area contributed by atoms with Gasteiger partial charge in [-0.25, -0.2) is 4.98 Å². The summed E-state index contributed by atoms with van der Waals surface area (Å²) in [5.41, 5.74) is 1.81. The largest absolute Gasteiger partial charge is 0.391 e. The van der Waals surface area contributed by atoms with E-state index in [1.807, 2.05) is 24.4 Å². The number of aliphatic hydroxyl groups excluding tert-OH is 1. The lowest BCUT2D eigenvalue weighted by atomic mass is 9.92. The van der Waals surface area contributed by atoms with Gasteiger partial charge in [-0.1, -0.05) is 18.9 Å². The third-order valence-corrected chi connectivity index (χ3v) is 5.25. The zero-order chi connectivity index (χ0) is 17.9. The number of hydrogen-bond donors (Lipinski definition) is 3. The maximum atomic E-state index is 10.2. The maximum Gasteiger partial charge on any atom is 0.173 e. The predicted molar refractivity (Wildman–Crippen MR) is 104 cm³/mol. The standard InChI is InChI=1S/C18H21BrN6O/c19-13-11-22-25-17(21-10-12-4-3-7-20-9-12)8-16(24-18(13)25)23-14-5-1-2-6-15(14)26/h3-4,7-9,11,14-15,21,26H,1-2,5-6,10H2,(H,23,24)/t14-,15?/m1/s1. The van der Waals surface area contributed by atoms with E-state index in [0.717, 1.165) is 53.0 Å². The smallest absolute Gasteiger partial charge is 0.173 e. The fraction of sp³-hybridized carbons (Fsp3) is 0.389. The minimum Gasteiger partial charge on any atom is -0.391 e. The lowest BCUT2D eigenvalue weighted by molar-refractivity contribution is 0.116. The van der Waals surface area contributed by atoms with Crippen LogP contribution >= 0.6 is 15.9 Å². The quantitative estimate of drug-likeness (QED) is 0.591. The van der Waals surface area contributed by atoms with Gasteiger partial charge in [-0.2, -0.15) is 9.61 Å². The number of fused-ring (bicyclic) bond motifs is 1. The summed E-state index contributed by atoms with van der Waals surface area (Å²) in [6.45, 7) is 0.635. The van der Waals surface area contributed by atoms with Crippen LogP contribution in [0.25, 0.3) is 5.65 Å². The molecule has 3 heterocycles. The molecule has 1 fully saturated rings. The van der Waals surface area contributed by atoms with Crippen molar-refractivity contribution in [1.29, 1.82) is 0 Å². The first kappa shape index (κ1) is 17.2. The highest BCUT2D eigenvalue weighted by atomic mass is 79.9. The van der Waals surface area contributed by atoms with Crippen LogP contribution in [0.1, 0.15) is 31.2 Å². The molecule has 0 bridgehead atoms. The molecule has 2 atom stereocenters. The fourth-order valence-corrected chi connectivity index (χ4v) is 3.65. The summed E-state index contributed by atoms with van der Waals surface area (Å²) in [5, 5.41) is 21.4. The molecule has 0 spiro atoms. The highest BCUT2D eigenvalue weighted by Crippen LogP contribution is 2.26. The average molecular weight is 417 g/mol. The highest BCUT2D eigenvalue weighted by molar-refractivity contribution is 9.10. The highest BCUT2D eigenvalue weighted by Gasteiger charge is 2.23. The van der Waals surface area contributed by atoms with E-state index in [1.165, 1.54) is 0 Å². The number of rotatable bonds is 5. The Kier molecular flexibility index (Phi) is 5.03. The van der Waals surface area contributed by atoms with E-state index in [4.69, 9.17) is 0 Å². The third kappa shape index (κ3) is 3.66. The van der Waals surface area contributed by atoms with Crippen molar-refractivity contribution in [2.75, 3.05) is 10.6 Å². The molecule has 3 aromatic rings. The van der Waals surface area contributed by atoms with Crippen molar-refractivity contribution in [3.05, 3.63) is 46.8 Å². The van der Waals surface area contributed by atoms with E-state index in [9.17, 15) is 5.11 Å². The van der Waals surface area contributed by atoms with Gasteiger partial charge in [-0.05, 0) is 40.4 Å². The Bertz CT molecular complexity index is 884. The number of halogens is 1. The van der Waals surface area contributed by atoms with E-state index in [2.05, 4.69) is 41.6 Å². The van der Waals surface area contributed by atoms with Crippen molar-refractivity contribution in [3.63, 3.8) is 0 Å². The first-order valence-electron chi connectivity index (χ1n) is 8.82.